The van der Waals surface area contributed by atoms with Crippen molar-refractivity contribution in [3.8, 4) is 0 Å². The van der Waals surface area contributed by atoms with Crippen LogP contribution in [0.2, 0.25) is 0 Å². The minimum absolute atomic E-state index is 0.124. The standard InChI is InChI=1S/C25H36N3O3/c1-24(2,3)21-13-9-10-14-27(21)15-16-28-20-12-8-7-11-18(20)19(17-22(28)29)26-23(30)31-25(4,5)6/h7-9,11-12,17,21H,10,13-16H2,1-6H3,(H,26,30). The number of hydrogen-bond donors (Lipinski definition) is 1. The molecule has 2 heterocycles. The number of amides is 1. The van der Waals surface area contributed by atoms with Crippen LogP contribution in [0, 0.1) is 11.8 Å². The van der Waals surface area contributed by atoms with E-state index in [2.05, 4.69) is 37.4 Å². The predicted octanol–water partition coefficient (Wildman–Crippen LogP) is 5.06. The van der Waals surface area contributed by atoms with Crippen LogP contribution < -0.4 is 10.9 Å². The first-order valence-electron chi connectivity index (χ1n) is 11.1. The Balaban J connectivity index is 1.86. The lowest BCUT2D eigenvalue weighted by Gasteiger charge is -2.43. The molecule has 1 aromatic heterocycles. The molecule has 0 spiro atoms. The number of nitrogens with one attached hydrogen (secondary N) is 1. The van der Waals surface area contributed by atoms with Crippen LogP contribution in [0.25, 0.3) is 10.9 Å². The number of hydrogen-bond acceptors (Lipinski definition) is 4. The van der Waals surface area contributed by atoms with Crippen LogP contribution >= 0.6 is 0 Å². The van der Waals surface area contributed by atoms with Crippen LogP contribution in [0.4, 0.5) is 10.5 Å². The van der Waals surface area contributed by atoms with Crippen LogP contribution in [0.5, 0.6) is 0 Å². The maximum Gasteiger partial charge on any atom is 0.412 e. The number of pyridine rings is 1. The van der Waals surface area contributed by atoms with Gasteiger partial charge in [-0.15, -0.1) is 0 Å². The number of likely N-dealkylation sites (tertiary alicyclic amines) is 1. The molecule has 31 heavy (non-hydrogen) atoms. The smallest absolute Gasteiger partial charge is 0.412 e. The van der Waals surface area contributed by atoms with E-state index in [-0.39, 0.29) is 11.0 Å². The van der Waals surface area contributed by atoms with Gasteiger partial charge in [0.2, 0.25) is 0 Å². The summed E-state index contributed by atoms with van der Waals surface area (Å²) in [5, 5.41) is 3.58. The summed E-state index contributed by atoms with van der Waals surface area (Å²) in [5.74, 6) is 0. The van der Waals surface area contributed by atoms with Crippen molar-refractivity contribution < 1.29 is 9.53 Å². The van der Waals surface area contributed by atoms with Crippen molar-refractivity contribution in [2.24, 2.45) is 5.41 Å². The van der Waals surface area contributed by atoms with Crippen molar-refractivity contribution in [3.63, 3.8) is 0 Å². The number of benzene rings is 1. The number of ether oxygens (including phenoxy) is 1. The Labute approximate surface area is 185 Å². The minimum atomic E-state index is -0.607. The van der Waals surface area contributed by atoms with Crippen LogP contribution in [-0.4, -0.2) is 40.3 Å². The Morgan fingerprint density at radius 3 is 2.52 bits per heavy atom. The highest BCUT2D eigenvalue weighted by molar-refractivity contribution is 5.98. The van der Waals surface area contributed by atoms with E-state index in [1.807, 2.05) is 49.6 Å². The largest absolute Gasteiger partial charge is 0.444 e. The van der Waals surface area contributed by atoms with Gasteiger partial charge in [-0.25, -0.2) is 4.79 Å². The third-order valence-electron chi connectivity index (χ3n) is 5.72. The minimum Gasteiger partial charge on any atom is -0.444 e. The van der Waals surface area contributed by atoms with Crippen LogP contribution in [0.3, 0.4) is 0 Å². The first kappa shape index (κ1) is 23.3. The number of piperidine rings is 1. The van der Waals surface area contributed by atoms with E-state index in [0.717, 1.165) is 36.8 Å². The van der Waals surface area contributed by atoms with Gasteiger partial charge < -0.3 is 9.30 Å². The fourth-order valence-corrected chi connectivity index (χ4v) is 4.32. The number of aromatic nitrogens is 1. The molecular formula is C25H36N3O3. The van der Waals surface area contributed by atoms with Crippen molar-refractivity contribution in [3.05, 3.63) is 47.1 Å². The second-order valence-electron chi connectivity index (χ2n) is 10.4. The fraction of sp³-hybridized carbons (Fsp3) is 0.560. The van der Waals surface area contributed by atoms with Gasteiger partial charge in [0.15, 0.2) is 0 Å². The Hall–Kier alpha value is -2.34. The molecule has 3 rings (SSSR count). The summed E-state index contributed by atoms with van der Waals surface area (Å²) in [6.07, 6.45) is 3.98. The zero-order valence-electron chi connectivity index (χ0n) is 19.7. The topological polar surface area (TPSA) is 63.6 Å². The second-order valence-corrected chi connectivity index (χ2v) is 10.4. The van der Waals surface area contributed by atoms with Gasteiger partial charge in [0.05, 0.1) is 11.2 Å². The highest BCUT2D eigenvalue weighted by atomic mass is 16.6. The lowest BCUT2D eigenvalue weighted by Crippen LogP contribution is -2.48. The lowest BCUT2D eigenvalue weighted by atomic mass is 9.80. The highest BCUT2D eigenvalue weighted by Crippen LogP contribution is 2.31. The number of para-hydroxylation sites is 1. The third kappa shape index (κ3) is 5.88. The number of anilines is 1. The molecule has 6 heteroatoms. The zero-order valence-corrected chi connectivity index (χ0v) is 19.7. The maximum atomic E-state index is 13.0. The Kier molecular flexibility index (Phi) is 6.79. The van der Waals surface area contributed by atoms with Gasteiger partial charge in [0.25, 0.3) is 5.56 Å². The Morgan fingerprint density at radius 1 is 1.13 bits per heavy atom. The molecule has 1 radical (unpaired) electrons. The molecule has 1 saturated heterocycles. The quantitative estimate of drug-likeness (QED) is 0.742. The second kappa shape index (κ2) is 9.03. The molecule has 1 amide bonds. The van der Waals surface area contributed by atoms with Gasteiger partial charge in [0, 0.05) is 30.6 Å². The van der Waals surface area contributed by atoms with E-state index in [0.29, 0.717) is 18.3 Å². The van der Waals surface area contributed by atoms with Crippen molar-refractivity contribution in [2.75, 3.05) is 18.4 Å². The molecule has 1 aliphatic rings. The molecule has 6 nitrogen and oxygen atoms in total. The average molecular weight is 427 g/mol. The molecule has 1 N–H and O–H groups in total. The van der Waals surface area contributed by atoms with E-state index in [1.54, 1.807) is 0 Å². The van der Waals surface area contributed by atoms with Crippen LogP contribution in [0.15, 0.2) is 35.1 Å². The van der Waals surface area contributed by atoms with Crippen LogP contribution in [0.1, 0.15) is 54.4 Å². The number of fused-ring (bicyclic) bond motifs is 1. The summed E-state index contributed by atoms with van der Waals surface area (Å²) in [7, 11) is 0. The zero-order chi connectivity index (χ0) is 22.8. The van der Waals surface area contributed by atoms with Crippen molar-refractivity contribution >= 4 is 22.7 Å². The molecule has 1 aromatic carbocycles. The molecule has 169 valence electrons. The summed E-state index contributed by atoms with van der Waals surface area (Å²) in [4.78, 5) is 27.8. The Bertz CT molecular complexity index is 982. The maximum absolute atomic E-state index is 13.0. The van der Waals surface area contributed by atoms with Gasteiger partial charge in [-0.05, 0) is 58.1 Å². The van der Waals surface area contributed by atoms with Crippen LogP contribution in [-0.2, 0) is 11.3 Å². The molecule has 1 atom stereocenters. The van der Waals surface area contributed by atoms with Gasteiger partial charge in [-0.3, -0.25) is 15.0 Å². The summed E-state index contributed by atoms with van der Waals surface area (Å²) < 4.78 is 7.18. The van der Waals surface area contributed by atoms with Gasteiger partial charge >= 0.3 is 6.09 Å². The van der Waals surface area contributed by atoms with E-state index in [4.69, 9.17) is 4.74 Å². The van der Waals surface area contributed by atoms with Crippen molar-refractivity contribution in [2.45, 2.75) is 72.6 Å². The Morgan fingerprint density at radius 2 is 1.84 bits per heavy atom. The average Bonchev–Trinajstić information content (AvgIpc) is 2.65. The van der Waals surface area contributed by atoms with Crippen molar-refractivity contribution in [1.29, 1.82) is 0 Å². The van der Waals surface area contributed by atoms with E-state index in [1.165, 1.54) is 6.07 Å². The molecule has 1 fully saturated rings. The summed E-state index contributed by atoms with van der Waals surface area (Å²) in [5.41, 5.74) is 0.749. The summed E-state index contributed by atoms with van der Waals surface area (Å²) in [6, 6.07) is 9.65. The third-order valence-corrected chi connectivity index (χ3v) is 5.72. The number of nitrogens with zero attached hydrogens (tertiary/aromatic N) is 2. The van der Waals surface area contributed by atoms with E-state index < -0.39 is 11.7 Å². The SMILES string of the molecule is CC(C)(C)OC(=O)Nc1cc(=O)n(CCN2CC[CH]CC2C(C)(C)C)c2ccccc12. The molecular weight excluding hydrogens is 390 g/mol. The number of rotatable bonds is 4. The molecule has 0 saturated carbocycles. The first-order chi connectivity index (χ1) is 14.5. The molecule has 2 aromatic rings. The molecule has 1 aliphatic heterocycles. The van der Waals surface area contributed by atoms with E-state index >= 15 is 0 Å². The molecule has 0 bridgehead atoms. The monoisotopic (exact) mass is 426 g/mol. The fourth-order valence-electron chi connectivity index (χ4n) is 4.32. The van der Waals surface area contributed by atoms with Crippen molar-refractivity contribution in [1.82, 2.24) is 9.47 Å². The van der Waals surface area contributed by atoms with Gasteiger partial charge in [-0.2, -0.15) is 0 Å². The van der Waals surface area contributed by atoms with Gasteiger partial charge in [-0.1, -0.05) is 39.0 Å². The summed E-state index contributed by atoms with van der Waals surface area (Å²) >= 11 is 0. The number of carbonyl (C=O) groups is 1. The highest BCUT2D eigenvalue weighted by Gasteiger charge is 2.32. The normalized spacial score (nSPS) is 18.2. The van der Waals surface area contributed by atoms with E-state index in [9.17, 15) is 9.59 Å². The lowest BCUT2D eigenvalue weighted by molar-refractivity contribution is 0.0636. The summed E-state index contributed by atoms with van der Waals surface area (Å²) in [6.45, 7) is 14.7. The predicted molar refractivity (Wildman–Crippen MR) is 126 cm³/mol. The number of carbonyl (C=O) groups excluding carboxylic acids is 1. The molecule has 0 aliphatic carbocycles. The van der Waals surface area contributed by atoms with Gasteiger partial charge in [0.1, 0.15) is 5.60 Å². The molecule has 1 unspecified atom stereocenters. The first-order valence-corrected chi connectivity index (χ1v) is 11.1.